The van der Waals surface area contributed by atoms with E-state index in [0.29, 0.717) is 25.9 Å². The number of nitrogens with zero attached hydrogens (tertiary/aromatic N) is 2. The average Bonchev–Trinajstić information content (AvgIpc) is 3.16. The normalized spacial score (nSPS) is 15.9. The van der Waals surface area contributed by atoms with Crippen molar-refractivity contribution in [2.75, 3.05) is 13.7 Å². The fourth-order valence-electron chi connectivity index (χ4n) is 3.04. The molecule has 5 heteroatoms. The molecule has 3 rings (SSSR count). The van der Waals surface area contributed by atoms with Gasteiger partial charge in [-0.2, -0.15) is 0 Å². The monoisotopic (exact) mass is 352 g/mol. The van der Waals surface area contributed by atoms with E-state index in [0.717, 1.165) is 22.6 Å². The Morgan fingerprint density at radius 3 is 2.77 bits per heavy atom. The summed E-state index contributed by atoms with van der Waals surface area (Å²) >= 11 is 0. The molecule has 0 unspecified atom stereocenters. The van der Waals surface area contributed by atoms with Crippen LogP contribution in [0, 0.1) is 0 Å². The number of oxime groups is 1. The van der Waals surface area contributed by atoms with Crippen LogP contribution in [0.15, 0.2) is 59.8 Å². The Kier molecular flexibility index (Phi) is 5.89. The second kappa shape index (κ2) is 8.52. The maximum absolute atomic E-state index is 12.4. The molecule has 0 radical (unpaired) electrons. The highest BCUT2D eigenvalue weighted by atomic mass is 16.6. The zero-order valence-electron chi connectivity index (χ0n) is 15.2. The van der Waals surface area contributed by atoms with E-state index >= 15 is 0 Å². The van der Waals surface area contributed by atoms with E-state index < -0.39 is 0 Å². The van der Waals surface area contributed by atoms with Crippen molar-refractivity contribution in [2.24, 2.45) is 5.16 Å². The van der Waals surface area contributed by atoms with Gasteiger partial charge in [-0.25, -0.2) is 0 Å². The molecule has 0 aliphatic carbocycles. The maximum atomic E-state index is 12.4. The number of methoxy groups -OCH3 is 1. The third-order valence-electron chi connectivity index (χ3n) is 4.43. The van der Waals surface area contributed by atoms with Crippen molar-refractivity contribution < 1.29 is 14.4 Å². The zero-order chi connectivity index (χ0) is 18.4. The standard InChI is InChI=1S/C21H24N2O3/c1-3-21(24)23(14-16-8-7-11-18(12-16)25-2)15-19-13-20(22-26-19)17-9-5-4-6-10-17/h4-12,19H,3,13-15H2,1-2H3/t19-/m0/s1. The highest BCUT2D eigenvalue weighted by Crippen LogP contribution is 2.20. The van der Waals surface area contributed by atoms with Gasteiger partial charge in [-0.05, 0) is 23.3 Å². The van der Waals surface area contributed by atoms with E-state index in [1.807, 2.05) is 66.4 Å². The number of carbonyl (C=O) groups excluding carboxylic acids is 1. The summed E-state index contributed by atoms with van der Waals surface area (Å²) in [5, 5.41) is 4.22. The van der Waals surface area contributed by atoms with Crippen LogP contribution in [-0.2, 0) is 16.2 Å². The molecule has 2 aromatic rings. The van der Waals surface area contributed by atoms with Gasteiger partial charge in [-0.1, -0.05) is 54.5 Å². The van der Waals surface area contributed by atoms with Gasteiger partial charge >= 0.3 is 0 Å². The van der Waals surface area contributed by atoms with Gasteiger partial charge in [0.15, 0.2) is 6.10 Å². The van der Waals surface area contributed by atoms with E-state index in [9.17, 15) is 4.79 Å². The maximum Gasteiger partial charge on any atom is 0.222 e. The minimum absolute atomic E-state index is 0.101. The van der Waals surface area contributed by atoms with Gasteiger partial charge in [0.25, 0.3) is 0 Å². The van der Waals surface area contributed by atoms with Gasteiger partial charge in [0.2, 0.25) is 5.91 Å². The first-order chi connectivity index (χ1) is 12.7. The molecule has 2 aromatic carbocycles. The quantitative estimate of drug-likeness (QED) is 0.765. The molecule has 1 aliphatic rings. The molecule has 26 heavy (non-hydrogen) atoms. The topological polar surface area (TPSA) is 51.1 Å². The van der Waals surface area contributed by atoms with Crippen LogP contribution in [0.5, 0.6) is 5.75 Å². The van der Waals surface area contributed by atoms with Gasteiger partial charge in [0.1, 0.15) is 5.75 Å². The van der Waals surface area contributed by atoms with Crippen LogP contribution < -0.4 is 4.74 Å². The molecule has 5 nitrogen and oxygen atoms in total. The van der Waals surface area contributed by atoms with Gasteiger partial charge in [0.05, 0.1) is 19.4 Å². The van der Waals surface area contributed by atoms with Gasteiger partial charge in [-0.15, -0.1) is 0 Å². The van der Waals surface area contributed by atoms with Crippen molar-refractivity contribution in [2.45, 2.75) is 32.4 Å². The largest absolute Gasteiger partial charge is 0.497 e. The van der Waals surface area contributed by atoms with Crippen molar-refractivity contribution in [1.82, 2.24) is 4.90 Å². The van der Waals surface area contributed by atoms with Crippen molar-refractivity contribution in [1.29, 1.82) is 0 Å². The Hall–Kier alpha value is -2.82. The third-order valence-corrected chi connectivity index (χ3v) is 4.43. The van der Waals surface area contributed by atoms with Gasteiger partial charge in [0, 0.05) is 19.4 Å². The van der Waals surface area contributed by atoms with E-state index in [-0.39, 0.29) is 12.0 Å². The van der Waals surface area contributed by atoms with Crippen molar-refractivity contribution in [3.05, 3.63) is 65.7 Å². The molecule has 0 fully saturated rings. The SMILES string of the molecule is CCC(=O)N(Cc1cccc(OC)c1)C[C@@H]1CC(c2ccccc2)=NO1. The zero-order valence-corrected chi connectivity index (χ0v) is 15.2. The van der Waals surface area contributed by atoms with Crippen molar-refractivity contribution in [3.63, 3.8) is 0 Å². The molecular formula is C21H24N2O3. The molecule has 1 amide bonds. The lowest BCUT2D eigenvalue weighted by Gasteiger charge is -2.24. The lowest BCUT2D eigenvalue weighted by Crippen LogP contribution is -2.36. The number of carbonyl (C=O) groups is 1. The van der Waals surface area contributed by atoms with E-state index in [1.165, 1.54) is 0 Å². The molecule has 0 bridgehead atoms. The van der Waals surface area contributed by atoms with Crippen LogP contribution in [0.3, 0.4) is 0 Å². The Morgan fingerprint density at radius 2 is 2.04 bits per heavy atom. The summed E-state index contributed by atoms with van der Waals surface area (Å²) in [6.45, 7) is 2.93. The van der Waals surface area contributed by atoms with Gasteiger partial charge < -0.3 is 14.5 Å². The predicted molar refractivity (Wildman–Crippen MR) is 101 cm³/mol. The number of ether oxygens (including phenoxy) is 1. The summed E-state index contributed by atoms with van der Waals surface area (Å²) in [5.74, 6) is 0.891. The van der Waals surface area contributed by atoms with Crippen LogP contribution in [-0.4, -0.2) is 36.3 Å². The molecule has 1 atom stereocenters. The van der Waals surface area contributed by atoms with Crippen molar-refractivity contribution in [3.8, 4) is 5.75 Å². The highest BCUT2D eigenvalue weighted by Gasteiger charge is 2.26. The minimum Gasteiger partial charge on any atom is -0.497 e. The Morgan fingerprint density at radius 1 is 1.23 bits per heavy atom. The van der Waals surface area contributed by atoms with Crippen LogP contribution in [0.25, 0.3) is 0 Å². The number of rotatable bonds is 7. The van der Waals surface area contributed by atoms with Gasteiger partial charge in [-0.3, -0.25) is 4.79 Å². The smallest absolute Gasteiger partial charge is 0.222 e. The first kappa shape index (κ1) is 18.0. The summed E-state index contributed by atoms with van der Waals surface area (Å²) in [5.41, 5.74) is 3.03. The lowest BCUT2D eigenvalue weighted by molar-refractivity contribution is -0.133. The molecule has 0 saturated heterocycles. The van der Waals surface area contributed by atoms with Crippen LogP contribution in [0.4, 0.5) is 0 Å². The molecule has 0 spiro atoms. The fourth-order valence-corrected chi connectivity index (χ4v) is 3.04. The van der Waals surface area contributed by atoms with E-state index in [2.05, 4.69) is 5.16 Å². The summed E-state index contributed by atoms with van der Waals surface area (Å²) in [7, 11) is 1.64. The second-order valence-corrected chi connectivity index (χ2v) is 6.31. The molecule has 0 saturated carbocycles. The highest BCUT2D eigenvalue weighted by molar-refractivity contribution is 6.01. The summed E-state index contributed by atoms with van der Waals surface area (Å²) in [6.07, 6.45) is 1.05. The van der Waals surface area contributed by atoms with E-state index in [4.69, 9.17) is 9.57 Å². The van der Waals surface area contributed by atoms with Crippen LogP contribution >= 0.6 is 0 Å². The molecule has 0 N–H and O–H groups in total. The first-order valence-corrected chi connectivity index (χ1v) is 8.88. The Labute approximate surface area is 154 Å². The van der Waals surface area contributed by atoms with Crippen molar-refractivity contribution >= 4 is 11.6 Å². The summed E-state index contributed by atoms with van der Waals surface area (Å²) in [4.78, 5) is 19.8. The number of amides is 1. The third kappa shape index (κ3) is 4.42. The first-order valence-electron chi connectivity index (χ1n) is 8.88. The Bertz CT molecular complexity index is 774. The molecule has 136 valence electrons. The number of hydrogen-bond acceptors (Lipinski definition) is 4. The molecule has 0 aromatic heterocycles. The predicted octanol–water partition coefficient (Wildman–Crippen LogP) is 3.63. The summed E-state index contributed by atoms with van der Waals surface area (Å²) < 4.78 is 5.27. The molecule has 1 aliphatic heterocycles. The molecular weight excluding hydrogens is 328 g/mol. The lowest BCUT2D eigenvalue weighted by atomic mass is 10.0. The van der Waals surface area contributed by atoms with Crippen LogP contribution in [0.1, 0.15) is 30.9 Å². The molecule has 1 heterocycles. The fraction of sp³-hybridized carbons (Fsp3) is 0.333. The van der Waals surface area contributed by atoms with Crippen LogP contribution in [0.2, 0.25) is 0 Å². The Balaban J connectivity index is 1.65. The number of benzene rings is 2. The minimum atomic E-state index is -0.119. The summed E-state index contributed by atoms with van der Waals surface area (Å²) in [6, 6.07) is 17.8. The second-order valence-electron chi connectivity index (χ2n) is 6.31. The average molecular weight is 352 g/mol. The number of hydrogen-bond donors (Lipinski definition) is 0. The van der Waals surface area contributed by atoms with E-state index in [1.54, 1.807) is 7.11 Å².